The third-order valence-electron chi connectivity index (χ3n) is 3.76. The lowest BCUT2D eigenvalue weighted by molar-refractivity contribution is 0.304. The van der Waals surface area contributed by atoms with Crippen LogP contribution < -0.4 is 10.9 Å². The molecule has 1 aromatic rings. The Morgan fingerprint density at radius 1 is 1.67 bits per heavy atom. The highest BCUT2D eigenvalue weighted by Gasteiger charge is 2.36. The molecule has 5 nitrogen and oxygen atoms in total. The summed E-state index contributed by atoms with van der Waals surface area (Å²) in [6, 6.07) is 3.97. The van der Waals surface area contributed by atoms with Gasteiger partial charge >= 0.3 is 0 Å². The van der Waals surface area contributed by atoms with Crippen molar-refractivity contribution in [2.45, 2.75) is 61.9 Å². The van der Waals surface area contributed by atoms with Gasteiger partial charge in [0, 0.05) is 17.0 Å². The molecular weight excluding hydrogens is 284 g/mol. The van der Waals surface area contributed by atoms with E-state index in [9.17, 15) is 10.1 Å². The van der Waals surface area contributed by atoms with Crippen molar-refractivity contribution in [3.05, 3.63) is 22.1 Å². The molecule has 2 atom stereocenters. The summed E-state index contributed by atoms with van der Waals surface area (Å²) in [6.07, 6.45) is 4.80. The molecule has 6 heteroatoms. The van der Waals surface area contributed by atoms with Crippen molar-refractivity contribution in [2.75, 3.05) is 6.54 Å². The first kappa shape index (κ1) is 16.1. The molecule has 21 heavy (non-hydrogen) atoms. The van der Waals surface area contributed by atoms with Crippen LogP contribution in [0, 0.1) is 18.3 Å². The van der Waals surface area contributed by atoms with E-state index in [1.54, 1.807) is 11.8 Å². The minimum absolute atomic E-state index is 0.114. The first-order valence-corrected chi connectivity index (χ1v) is 8.36. The van der Waals surface area contributed by atoms with Gasteiger partial charge in [0.2, 0.25) is 0 Å². The smallest absolute Gasteiger partial charge is 0.251 e. The predicted molar refractivity (Wildman–Crippen MR) is 84.3 cm³/mol. The second-order valence-corrected chi connectivity index (χ2v) is 6.94. The molecule has 0 amide bonds. The zero-order valence-electron chi connectivity index (χ0n) is 12.6. The minimum Gasteiger partial charge on any atom is -0.301 e. The fourth-order valence-corrected chi connectivity index (χ4v) is 4.08. The Morgan fingerprint density at radius 2 is 2.48 bits per heavy atom. The van der Waals surface area contributed by atoms with Crippen LogP contribution in [0.4, 0.5) is 0 Å². The molecule has 0 aliphatic heterocycles. The van der Waals surface area contributed by atoms with Gasteiger partial charge in [-0.3, -0.25) is 10.1 Å². The van der Waals surface area contributed by atoms with E-state index in [4.69, 9.17) is 0 Å². The van der Waals surface area contributed by atoms with Crippen molar-refractivity contribution >= 4 is 11.8 Å². The molecule has 2 N–H and O–H groups in total. The van der Waals surface area contributed by atoms with Crippen LogP contribution in [-0.4, -0.2) is 27.3 Å². The normalized spacial score (nSPS) is 25.5. The van der Waals surface area contributed by atoms with E-state index in [0.29, 0.717) is 10.4 Å². The highest BCUT2D eigenvalue weighted by molar-refractivity contribution is 7.99. The summed E-state index contributed by atoms with van der Waals surface area (Å²) in [4.78, 5) is 18.6. The molecule has 0 aromatic carbocycles. The first-order chi connectivity index (χ1) is 10.1. The number of nitriles is 1. The van der Waals surface area contributed by atoms with Gasteiger partial charge < -0.3 is 4.98 Å². The van der Waals surface area contributed by atoms with Crippen LogP contribution in [0.1, 0.15) is 44.7 Å². The Hall–Kier alpha value is -1.32. The summed E-state index contributed by atoms with van der Waals surface area (Å²) in [5.41, 5.74) is 0.194. The van der Waals surface area contributed by atoms with Crippen molar-refractivity contribution in [2.24, 2.45) is 0 Å². The topological polar surface area (TPSA) is 81.6 Å². The molecular formula is C15H22N4OS. The van der Waals surface area contributed by atoms with Gasteiger partial charge in [0.1, 0.15) is 5.54 Å². The quantitative estimate of drug-likeness (QED) is 0.816. The number of aromatic nitrogens is 2. The van der Waals surface area contributed by atoms with E-state index in [1.807, 2.05) is 6.92 Å². The Labute approximate surface area is 129 Å². The van der Waals surface area contributed by atoms with Crippen molar-refractivity contribution in [1.29, 1.82) is 5.26 Å². The fraction of sp³-hybridized carbons (Fsp3) is 0.667. The molecule has 114 valence electrons. The molecule has 0 spiro atoms. The largest absolute Gasteiger partial charge is 0.301 e. The second kappa shape index (κ2) is 7.10. The van der Waals surface area contributed by atoms with E-state index in [-0.39, 0.29) is 5.56 Å². The van der Waals surface area contributed by atoms with Crippen molar-refractivity contribution in [1.82, 2.24) is 15.3 Å². The van der Waals surface area contributed by atoms with Crippen molar-refractivity contribution in [3.63, 3.8) is 0 Å². The van der Waals surface area contributed by atoms with Gasteiger partial charge in [0.05, 0.1) is 6.07 Å². The van der Waals surface area contributed by atoms with Crippen molar-refractivity contribution < 1.29 is 0 Å². The van der Waals surface area contributed by atoms with E-state index in [2.05, 4.69) is 28.3 Å². The van der Waals surface area contributed by atoms with Crippen LogP contribution >= 0.6 is 11.8 Å². The first-order valence-electron chi connectivity index (χ1n) is 7.48. The fourth-order valence-electron chi connectivity index (χ4n) is 2.76. The number of H-pyrrole nitrogens is 1. The molecule has 0 radical (unpaired) electrons. The van der Waals surface area contributed by atoms with E-state index in [1.165, 1.54) is 6.07 Å². The summed E-state index contributed by atoms with van der Waals surface area (Å²) in [6.45, 7) is 4.79. The summed E-state index contributed by atoms with van der Waals surface area (Å²) in [5, 5.41) is 13.9. The number of nitrogens with zero attached hydrogens (tertiary/aromatic N) is 2. The van der Waals surface area contributed by atoms with Crippen LogP contribution in [-0.2, 0) is 0 Å². The Kier molecular flexibility index (Phi) is 5.43. The summed E-state index contributed by atoms with van der Waals surface area (Å²) < 4.78 is 0. The van der Waals surface area contributed by atoms with E-state index >= 15 is 0 Å². The molecule has 1 saturated carbocycles. The average molecular weight is 306 g/mol. The maximum absolute atomic E-state index is 11.5. The average Bonchev–Trinajstić information content (AvgIpc) is 2.44. The van der Waals surface area contributed by atoms with Crippen LogP contribution in [0.15, 0.2) is 16.0 Å². The molecule has 1 aromatic heterocycles. The summed E-state index contributed by atoms with van der Waals surface area (Å²) in [7, 11) is 0. The Balaban J connectivity index is 2.07. The number of hydrogen-bond donors (Lipinski definition) is 2. The van der Waals surface area contributed by atoms with Gasteiger partial charge in [0.25, 0.3) is 5.56 Å². The monoisotopic (exact) mass is 306 g/mol. The number of rotatable bonds is 5. The molecule has 0 saturated heterocycles. The maximum atomic E-state index is 11.5. The van der Waals surface area contributed by atoms with E-state index < -0.39 is 5.54 Å². The zero-order chi connectivity index (χ0) is 15.3. The molecule has 2 rings (SSSR count). The van der Waals surface area contributed by atoms with Crippen LogP contribution in [0.3, 0.4) is 0 Å². The lowest BCUT2D eigenvalue weighted by atomic mass is 9.82. The van der Waals surface area contributed by atoms with Crippen LogP contribution in [0.2, 0.25) is 0 Å². The van der Waals surface area contributed by atoms with Gasteiger partial charge in [-0.15, -0.1) is 0 Å². The van der Waals surface area contributed by atoms with Gasteiger partial charge in [-0.2, -0.15) is 5.26 Å². The van der Waals surface area contributed by atoms with Gasteiger partial charge in [-0.1, -0.05) is 18.7 Å². The van der Waals surface area contributed by atoms with Gasteiger partial charge in [-0.05, 0) is 45.6 Å². The minimum atomic E-state index is -0.421. The maximum Gasteiger partial charge on any atom is 0.251 e. The predicted octanol–water partition coefficient (Wildman–Crippen LogP) is 2.38. The third-order valence-corrected chi connectivity index (χ3v) is 4.91. The van der Waals surface area contributed by atoms with Gasteiger partial charge in [0.15, 0.2) is 5.16 Å². The third kappa shape index (κ3) is 4.32. The second-order valence-electron chi connectivity index (χ2n) is 5.65. The number of nitrogens with one attached hydrogen (secondary N) is 2. The molecule has 1 fully saturated rings. The molecule has 1 aliphatic rings. The molecule has 0 bridgehead atoms. The number of aromatic amines is 1. The number of aryl methyl sites for hydroxylation is 1. The van der Waals surface area contributed by atoms with E-state index in [0.717, 1.165) is 44.3 Å². The highest BCUT2D eigenvalue weighted by Crippen LogP contribution is 2.36. The highest BCUT2D eigenvalue weighted by atomic mass is 32.2. The molecule has 1 heterocycles. The lowest BCUT2D eigenvalue weighted by Crippen LogP contribution is -2.48. The SMILES string of the molecule is CCCNC1(C#N)CCCC(Sc2nc(C)cc(=O)[nH]2)C1. The number of thioether (sulfide) groups is 1. The standard InChI is InChI=1S/C15H22N4OS/c1-3-7-17-15(10-16)6-4-5-12(9-15)21-14-18-11(2)8-13(20)19-14/h8,12,17H,3-7,9H2,1-2H3,(H,18,19,20). The summed E-state index contributed by atoms with van der Waals surface area (Å²) in [5.74, 6) is 0. The number of hydrogen-bond acceptors (Lipinski definition) is 5. The van der Waals surface area contributed by atoms with Crippen molar-refractivity contribution in [3.8, 4) is 6.07 Å². The summed E-state index contributed by atoms with van der Waals surface area (Å²) >= 11 is 1.59. The molecule has 2 unspecified atom stereocenters. The Bertz CT molecular complexity index is 580. The van der Waals surface area contributed by atoms with Crippen LogP contribution in [0.5, 0.6) is 0 Å². The Morgan fingerprint density at radius 3 is 3.14 bits per heavy atom. The molecule has 1 aliphatic carbocycles. The lowest BCUT2D eigenvalue weighted by Gasteiger charge is -2.36. The van der Waals surface area contributed by atoms with Crippen LogP contribution in [0.25, 0.3) is 0 Å². The zero-order valence-corrected chi connectivity index (χ0v) is 13.4. The van der Waals surface area contributed by atoms with Gasteiger partial charge in [-0.25, -0.2) is 4.98 Å².